The van der Waals surface area contributed by atoms with Crippen molar-refractivity contribution in [1.29, 1.82) is 0 Å². The smallest absolute Gasteiger partial charge is 0.350 e. The van der Waals surface area contributed by atoms with Gasteiger partial charge in [-0.1, -0.05) is 109 Å². The van der Waals surface area contributed by atoms with E-state index in [1.54, 1.807) is 62.4 Å². The summed E-state index contributed by atoms with van der Waals surface area (Å²) >= 11 is 0. The number of benzene rings is 2. The van der Waals surface area contributed by atoms with Crippen molar-refractivity contribution in [2.24, 2.45) is 34.0 Å². The van der Waals surface area contributed by atoms with Crippen LogP contribution in [0.5, 0.6) is 0 Å². The molecule has 0 radical (unpaired) electrons. The summed E-state index contributed by atoms with van der Waals surface area (Å²) in [5, 5.41) is 29.5. The number of ketones is 1. The number of aliphatic carboxylic acids is 1. The topological polar surface area (TPSA) is 300 Å². The van der Waals surface area contributed by atoms with Crippen LogP contribution in [0.25, 0.3) is 0 Å². The fourth-order valence-electron chi connectivity index (χ4n) is 13.9. The standard InChI is InChI=1S/C63H80N2O19/c1-34-42(80-58(76)50(82-56(74)39-26-18-19-27-39)48(37-20-12-10-13-21-37)65-54(72)41(28-29-46(69)70)64-45(68)32-59(4,5)6)31-63(77)53(83-57(75)40-22-14-11-15-23-40)51-61(9,52(71)49(79-35(2)66)47(34)60(63,7)8)43(81-55(73)38-24-16-17-25-38)30-44-62(51,33-78-44)84-36(3)67/h10-15,20-23,38-39,41-44,48-51,53,77H,16-19,24-33H2,1-9H3,(H,64,68)(H,65,72)(H,69,70)/t41-,42+,43+,44-,48+,49-,50-,51+,53+,61-,62+,63-/m1/s1. The molecular formula is C63H80N2O19. The van der Waals surface area contributed by atoms with Crippen molar-refractivity contribution in [3.05, 3.63) is 82.9 Å². The second kappa shape index (κ2) is 24.9. The van der Waals surface area contributed by atoms with Gasteiger partial charge in [0.1, 0.15) is 42.1 Å². The highest BCUT2D eigenvalue weighted by molar-refractivity contribution is 5.96. The van der Waals surface area contributed by atoms with Crippen LogP contribution in [-0.2, 0) is 76.3 Å². The molecule has 4 N–H and O–H groups in total. The highest BCUT2D eigenvalue weighted by Gasteiger charge is 2.79. The van der Waals surface area contributed by atoms with Gasteiger partial charge in [0, 0.05) is 44.9 Å². The number of carbonyl (C=O) groups excluding carboxylic acids is 9. The lowest BCUT2D eigenvalue weighted by atomic mass is 9.44. The van der Waals surface area contributed by atoms with Gasteiger partial charge >= 0.3 is 41.8 Å². The normalized spacial score (nSPS) is 29.3. The van der Waals surface area contributed by atoms with Crippen molar-refractivity contribution < 1.29 is 91.3 Å². The van der Waals surface area contributed by atoms with E-state index in [0.717, 1.165) is 26.7 Å². The minimum atomic E-state index is -2.56. The van der Waals surface area contributed by atoms with E-state index in [0.29, 0.717) is 38.5 Å². The molecule has 2 aromatic rings. The molecule has 5 fully saturated rings. The van der Waals surface area contributed by atoms with E-state index in [4.69, 9.17) is 33.2 Å². The Labute approximate surface area is 488 Å². The second-order valence-electron chi connectivity index (χ2n) is 25.6. The summed E-state index contributed by atoms with van der Waals surface area (Å²) in [6, 6.07) is 12.7. The minimum Gasteiger partial charge on any atom is -0.481 e. The zero-order valence-corrected chi connectivity index (χ0v) is 49.4. The number of carboxylic acid groups (broad SMARTS) is 1. The van der Waals surface area contributed by atoms with Crippen LogP contribution in [0.15, 0.2) is 71.8 Å². The lowest BCUT2D eigenvalue weighted by Gasteiger charge is -2.67. The Balaban J connectivity index is 1.30. The third-order valence-electron chi connectivity index (χ3n) is 18.3. The maximum Gasteiger partial charge on any atom is 0.350 e. The quantitative estimate of drug-likeness (QED) is 0.0647. The van der Waals surface area contributed by atoms with E-state index in [9.17, 15) is 48.6 Å². The minimum absolute atomic E-state index is 0.0142. The van der Waals surface area contributed by atoms with E-state index in [-0.39, 0.29) is 48.1 Å². The first-order valence-electron chi connectivity index (χ1n) is 29.2. The van der Waals surface area contributed by atoms with Crippen molar-refractivity contribution in [3.63, 3.8) is 0 Å². The van der Waals surface area contributed by atoms with Crippen LogP contribution >= 0.6 is 0 Å². The fourth-order valence-corrected chi connectivity index (χ4v) is 13.9. The number of hydrogen-bond donors (Lipinski definition) is 4. The first-order chi connectivity index (χ1) is 39.5. The highest BCUT2D eigenvalue weighted by Crippen LogP contribution is 2.65. The van der Waals surface area contributed by atoms with Crippen molar-refractivity contribution in [3.8, 4) is 0 Å². The van der Waals surface area contributed by atoms with E-state index in [2.05, 4.69) is 10.6 Å². The SMILES string of the molecule is CC(=O)O[C@H]1C(=O)[C@]2(C)[C@@H](OC(=O)C3CCCC3)C[C@H]3OC[C@@]3(OC(C)=O)[C@H]2[C@H](OC(=O)c2ccccc2)[C@]2(O)C[C@H](OC(=O)[C@H](OC(=O)C3CCCC3)[C@@H](NC(=O)[C@@H](CCC(=O)O)NC(=O)CC(C)(C)C)c3ccccc3)C(C)=C1C2(C)C. The molecular weight excluding hydrogens is 1090 g/mol. The number of fused-ring (bicyclic) bond motifs is 5. The molecule has 21 heteroatoms. The molecule has 1 saturated heterocycles. The number of ether oxygens (including phenoxy) is 7. The van der Waals surface area contributed by atoms with Gasteiger partial charge in [-0.25, -0.2) is 9.59 Å². The Morgan fingerprint density at radius 1 is 0.774 bits per heavy atom. The van der Waals surface area contributed by atoms with E-state index >= 15 is 9.59 Å². The summed E-state index contributed by atoms with van der Waals surface area (Å²) in [4.78, 5) is 143. The van der Waals surface area contributed by atoms with Gasteiger partial charge in [-0.05, 0) is 80.2 Å². The summed E-state index contributed by atoms with van der Waals surface area (Å²) in [5.74, 6) is -11.9. The van der Waals surface area contributed by atoms with Crippen LogP contribution in [0.3, 0.4) is 0 Å². The number of aliphatic hydroxyl groups is 1. The highest BCUT2D eigenvalue weighted by atomic mass is 16.6. The predicted molar refractivity (Wildman–Crippen MR) is 296 cm³/mol. The molecule has 2 bridgehead atoms. The van der Waals surface area contributed by atoms with Crippen LogP contribution < -0.4 is 10.6 Å². The van der Waals surface area contributed by atoms with Crippen LogP contribution in [-0.4, -0.2) is 130 Å². The van der Waals surface area contributed by atoms with Crippen molar-refractivity contribution in [1.82, 2.24) is 10.6 Å². The number of carboxylic acids is 1. The Morgan fingerprint density at radius 2 is 1.37 bits per heavy atom. The van der Waals surface area contributed by atoms with Crippen LogP contribution in [0.1, 0.15) is 168 Å². The van der Waals surface area contributed by atoms with Crippen molar-refractivity contribution >= 4 is 59.4 Å². The first-order valence-corrected chi connectivity index (χ1v) is 29.2. The molecule has 0 unspecified atom stereocenters. The number of carbonyl (C=O) groups is 10. The maximum atomic E-state index is 16.5. The monoisotopic (exact) mass is 1170 g/mol. The average molecular weight is 1170 g/mol. The molecule has 84 heavy (non-hydrogen) atoms. The number of amides is 2. The predicted octanol–water partition coefficient (Wildman–Crippen LogP) is 6.69. The van der Waals surface area contributed by atoms with E-state index in [1.807, 2.05) is 20.8 Å². The molecule has 21 nitrogen and oxygen atoms in total. The van der Waals surface area contributed by atoms with E-state index in [1.165, 1.54) is 26.0 Å². The lowest BCUT2D eigenvalue weighted by Crippen LogP contribution is -2.82. The van der Waals surface area contributed by atoms with Crippen LogP contribution in [0.2, 0.25) is 0 Å². The Kier molecular flexibility index (Phi) is 18.7. The third kappa shape index (κ3) is 12.7. The van der Waals surface area contributed by atoms with Crippen LogP contribution in [0.4, 0.5) is 0 Å². The molecule has 4 saturated carbocycles. The first kappa shape index (κ1) is 63.0. The number of Topliss-reactive ketones (excluding diaryl/α,β-unsaturated/α-hetero) is 1. The molecule has 2 aromatic carbocycles. The molecule has 1 heterocycles. The van der Waals surface area contributed by atoms with Gasteiger partial charge in [-0.15, -0.1) is 0 Å². The second-order valence-corrected chi connectivity index (χ2v) is 25.6. The fraction of sp³-hybridized carbons (Fsp3) is 0.619. The summed E-state index contributed by atoms with van der Waals surface area (Å²) in [7, 11) is 0. The molecule has 2 amide bonds. The largest absolute Gasteiger partial charge is 0.481 e. The Hall–Kier alpha value is -7.00. The zero-order chi connectivity index (χ0) is 61.3. The molecule has 12 atom stereocenters. The van der Waals surface area contributed by atoms with Gasteiger partial charge in [0.25, 0.3) is 0 Å². The molecule has 456 valence electrons. The van der Waals surface area contributed by atoms with E-state index < -0.39 is 166 Å². The maximum absolute atomic E-state index is 16.5. The van der Waals surface area contributed by atoms with Crippen LogP contribution in [0, 0.1) is 34.0 Å². The summed E-state index contributed by atoms with van der Waals surface area (Å²) in [6.45, 7) is 13.3. The molecule has 6 aliphatic rings. The molecule has 0 spiro atoms. The number of nitrogens with one attached hydrogen (secondary N) is 2. The molecule has 5 aliphatic carbocycles. The van der Waals surface area contributed by atoms with Crippen molar-refractivity contribution in [2.45, 2.75) is 206 Å². The van der Waals surface area contributed by atoms with Gasteiger partial charge in [0.15, 0.2) is 17.5 Å². The van der Waals surface area contributed by atoms with Gasteiger partial charge < -0.3 is 54.0 Å². The van der Waals surface area contributed by atoms with Crippen molar-refractivity contribution in [2.75, 3.05) is 6.61 Å². The lowest BCUT2D eigenvalue weighted by molar-refractivity contribution is -0.346. The number of rotatable bonds is 19. The van der Waals surface area contributed by atoms with Gasteiger partial charge in [-0.2, -0.15) is 0 Å². The summed E-state index contributed by atoms with van der Waals surface area (Å²) in [5.41, 5.74) is -8.71. The van der Waals surface area contributed by atoms with Gasteiger partial charge in [0.05, 0.1) is 35.3 Å². The summed E-state index contributed by atoms with van der Waals surface area (Å²) < 4.78 is 44.4. The number of esters is 6. The Bertz CT molecular complexity index is 2900. The third-order valence-corrected chi connectivity index (χ3v) is 18.3. The summed E-state index contributed by atoms with van der Waals surface area (Å²) in [6.07, 6.45) is -7.22. The Morgan fingerprint density at radius 3 is 1.92 bits per heavy atom. The molecule has 0 aromatic heterocycles. The number of hydrogen-bond acceptors (Lipinski definition) is 18. The van der Waals surface area contributed by atoms with Gasteiger partial charge in [0.2, 0.25) is 17.9 Å². The molecule has 8 rings (SSSR count). The molecule has 1 aliphatic heterocycles. The average Bonchev–Trinajstić information content (AvgIpc) is 0.733. The van der Waals surface area contributed by atoms with Gasteiger partial charge in [-0.3, -0.25) is 38.4 Å². The zero-order valence-electron chi connectivity index (χ0n) is 49.4.